The largest absolute Gasteiger partial charge is 0.497 e. The van der Waals surface area contributed by atoms with Gasteiger partial charge in [0.1, 0.15) is 17.5 Å². The fourth-order valence-electron chi connectivity index (χ4n) is 3.60. The number of carbonyl (C=O) groups excluding carboxylic acids is 2. The first-order chi connectivity index (χ1) is 16.5. The van der Waals surface area contributed by atoms with Crippen molar-refractivity contribution in [2.45, 2.75) is 25.9 Å². The number of hydrogen-bond donors (Lipinski definition) is 1. The molecule has 6 nitrogen and oxygen atoms in total. The van der Waals surface area contributed by atoms with Gasteiger partial charge in [-0.3, -0.25) is 9.59 Å². The van der Waals surface area contributed by atoms with Crippen LogP contribution in [0, 0.1) is 0 Å². The molecule has 3 aromatic carbocycles. The number of methoxy groups -OCH3 is 1. The summed E-state index contributed by atoms with van der Waals surface area (Å²) in [5.41, 5.74) is 1.79. The van der Waals surface area contributed by atoms with Gasteiger partial charge in [0.25, 0.3) is 5.91 Å². The van der Waals surface area contributed by atoms with Crippen LogP contribution in [-0.2, 0) is 22.6 Å². The quantitative estimate of drug-likeness (QED) is 0.438. The normalized spacial score (nSPS) is 11.4. The molecule has 0 saturated carbocycles. The molecule has 0 aliphatic rings. The zero-order valence-electron chi connectivity index (χ0n) is 19.4. The molecule has 34 heavy (non-hydrogen) atoms. The van der Waals surface area contributed by atoms with E-state index in [2.05, 4.69) is 5.32 Å². The van der Waals surface area contributed by atoms with Crippen molar-refractivity contribution in [2.75, 3.05) is 20.3 Å². The van der Waals surface area contributed by atoms with Gasteiger partial charge in [0.05, 0.1) is 12.1 Å². The number of benzene rings is 3. The van der Waals surface area contributed by atoms with Gasteiger partial charge >= 0.3 is 0 Å². The number of amides is 2. The molecule has 1 atom stereocenters. The Hall–Kier alpha value is -3.51. The summed E-state index contributed by atoms with van der Waals surface area (Å²) in [5.74, 6) is 0.543. The molecule has 3 rings (SSSR count). The Morgan fingerprint density at radius 1 is 0.971 bits per heavy atom. The lowest BCUT2D eigenvalue weighted by Crippen LogP contribution is -2.51. The molecule has 1 N–H and O–H groups in total. The molecule has 0 bridgehead atoms. The molecule has 0 aliphatic heterocycles. The Kier molecular flexibility index (Phi) is 9.35. The van der Waals surface area contributed by atoms with Gasteiger partial charge < -0.3 is 19.7 Å². The molecule has 0 heterocycles. The molecule has 2 amide bonds. The van der Waals surface area contributed by atoms with Crippen LogP contribution in [0.25, 0.3) is 0 Å². The number of nitrogens with one attached hydrogen (secondary N) is 1. The van der Waals surface area contributed by atoms with Gasteiger partial charge in [-0.05, 0) is 42.3 Å². The molecule has 7 heteroatoms. The highest BCUT2D eigenvalue weighted by Gasteiger charge is 2.30. The van der Waals surface area contributed by atoms with Crippen molar-refractivity contribution < 1.29 is 19.1 Å². The smallest absolute Gasteiger partial charge is 0.261 e. The Morgan fingerprint density at radius 2 is 1.68 bits per heavy atom. The molecule has 0 fully saturated rings. The third-order valence-corrected chi connectivity index (χ3v) is 5.61. The Morgan fingerprint density at radius 3 is 2.38 bits per heavy atom. The number of rotatable bonds is 11. The maximum absolute atomic E-state index is 13.5. The highest BCUT2D eigenvalue weighted by molar-refractivity contribution is 6.32. The minimum absolute atomic E-state index is 0.219. The van der Waals surface area contributed by atoms with Crippen LogP contribution in [0.4, 0.5) is 0 Å². The fourth-order valence-corrected chi connectivity index (χ4v) is 3.79. The molecule has 0 radical (unpaired) electrons. The lowest BCUT2D eigenvalue weighted by atomic mass is 10.0. The van der Waals surface area contributed by atoms with Crippen LogP contribution >= 0.6 is 11.6 Å². The predicted molar refractivity (Wildman–Crippen MR) is 133 cm³/mol. The minimum atomic E-state index is -0.726. The average molecular weight is 481 g/mol. The van der Waals surface area contributed by atoms with E-state index in [4.69, 9.17) is 21.1 Å². The number of nitrogens with zero attached hydrogens (tertiary/aromatic N) is 1. The summed E-state index contributed by atoms with van der Waals surface area (Å²) in [6, 6.07) is 23.3. The minimum Gasteiger partial charge on any atom is -0.497 e. The van der Waals surface area contributed by atoms with Gasteiger partial charge in [0, 0.05) is 19.5 Å². The van der Waals surface area contributed by atoms with E-state index in [1.54, 1.807) is 36.3 Å². The van der Waals surface area contributed by atoms with Crippen LogP contribution in [0.5, 0.6) is 11.5 Å². The van der Waals surface area contributed by atoms with Gasteiger partial charge in [0.15, 0.2) is 6.61 Å². The summed E-state index contributed by atoms with van der Waals surface area (Å²) >= 11 is 6.18. The van der Waals surface area contributed by atoms with E-state index in [0.717, 1.165) is 11.1 Å². The van der Waals surface area contributed by atoms with Gasteiger partial charge in [-0.1, -0.05) is 66.2 Å². The molecule has 3 aromatic rings. The Balaban J connectivity index is 1.91. The molecule has 0 spiro atoms. The van der Waals surface area contributed by atoms with Gasteiger partial charge in [-0.15, -0.1) is 0 Å². The van der Waals surface area contributed by atoms with Crippen LogP contribution in [0.2, 0.25) is 5.02 Å². The van der Waals surface area contributed by atoms with Crippen molar-refractivity contribution in [1.29, 1.82) is 0 Å². The standard InChI is InChI=1S/C27H29ClN2O4/c1-3-29-27(32)24(17-20-10-5-4-6-11-20)30(18-21-12-9-13-22(16-21)33-2)26(31)19-34-25-15-8-7-14-23(25)28/h4-16,24H,3,17-19H2,1-2H3,(H,29,32)/t24-/m1/s1. The molecule has 0 unspecified atom stereocenters. The van der Waals surface area contributed by atoms with Crippen molar-refractivity contribution in [3.63, 3.8) is 0 Å². The molecule has 178 valence electrons. The number of carbonyl (C=O) groups is 2. The Labute approximate surface area is 205 Å². The van der Waals surface area contributed by atoms with Crippen molar-refractivity contribution in [2.24, 2.45) is 0 Å². The van der Waals surface area contributed by atoms with Crippen LogP contribution < -0.4 is 14.8 Å². The summed E-state index contributed by atoms with van der Waals surface area (Å²) in [7, 11) is 1.59. The second kappa shape index (κ2) is 12.7. The van der Waals surface area contributed by atoms with Crippen LogP contribution in [0.1, 0.15) is 18.1 Å². The second-order valence-electron chi connectivity index (χ2n) is 7.69. The van der Waals surface area contributed by atoms with E-state index in [1.165, 1.54) is 0 Å². The highest BCUT2D eigenvalue weighted by atomic mass is 35.5. The number of para-hydroxylation sites is 1. The van der Waals surface area contributed by atoms with E-state index in [0.29, 0.717) is 29.5 Å². The van der Waals surface area contributed by atoms with Gasteiger partial charge in [-0.2, -0.15) is 0 Å². The third kappa shape index (κ3) is 6.99. The molecule has 0 aliphatic carbocycles. The molecular weight excluding hydrogens is 452 g/mol. The maximum atomic E-state index is 13.5. The molecule has 0 saturated heterocycles. The van der Waals surface area contributed by atoms with Gasteiger partial charge in [0.2, 0.25) is 5.91 Å². The van der Waals surface area contributed by atoms with Gasteiger partial charge in [-0.25, -0.2) is 0 Å². The van der Waals surface area contributed by atoms with E-state index < -0.39 is 6.04 Å². The third-order valence-electron chi connectivity index (χ3n) is 5.30. The number of likely N-dealkylation sites (N-methyl/N-ethyl adjacent to an activating group) is 1. The van der Waals surface area contributed by atoms with Crippen LogP contribution in [0.3, 0.4) is 0 Å². The monoisotopic (exact) mass is 480 g/mol. The fraction of sp³-hybridized carbons (Fsp3) is 0.259. The van der Waals surface area contributed by atoms with E-state index in [9.17, 15) is 9.59 Å². The average Bonchev–Trinajstić information content (AvgIpc) is 2.86. The number of hydrogen-bond acceptors (Lipinski definition) is 4. The topological polar surface area (TPSA) is 67.9 Å². The zero-order chi connectivity index (χ0) is 24.3. The Bertz CT molecular complexity index is 1090. The predicted octanol–water partition coefficient (Wildman–Crippen LogP) is 4.50. The summed E-state index contributed by atoms with van der Waals surface area (Å²) in [6.45, 7) is 2.28. The summed E-state index contributed by atoms with van der Waals surface area (Å²) in [6.07, 6.45) is 0.370. The lowest BCUT2D eigenvalue weighted by molar-refractivity contribution is -0.142. The first-order valence-corrected chi connectivity index (χ1v) is 11.5. The van der Waals surface area contributed by atoms with Crippen LogP contribution in [-0.4, -0.2) is 43.0 Å². The summed E-state index contributed by atoms with van der Waals surface area (Å²) in [5, 5.41) is 3.29. The highest BCUT2D eigenvalue weighted by Crippen LogP contribution is 2.24. The number of halogens is 1. The summed E-state index contributed by atoms with van der Waals surface area (Å²) in [4.78, 5) is 28.2. The molecule has 0 aromatic heterocycles. The summed E-state index contributed by atoms with van der Waals surface area (Å²) < 4.78 is 11.1. The van der Waals surface area contributed by atoms with E-state index in [1.807, 2.05) is 61.5 Å². The first kappa shape index (κ1) is 25.1. The SMILES string of the molecule is CCNC(=O)[C@@H](Cc1ccccc1)N(Cc1cccc(OC)c1)C(=O)COc1ccccc1Cl. The van der Waals surface area contributed by atoms with E-state index >= 15 is 0 Å². The molecular formula is C27H29ClN2O4. The maximum Gasteiger partial charge on any atom is 0.261 e. The second-order valence-corrected chi connectivity index (χ2v) is 8.10. The van der Waals surface area contributed by atoms with Crippen molar-refractivity contribution in [3.8, 4) is 11.5 Å². The van der Waals surface area contributed by atoms with Crippen molar-refractivity contribution in [3.05, 3.63) is 95.0 Å². The van der Waals surface area contributed by atoms with Crippen molar-refractivity contribution in [1.82, 2.24) is 10.2 Å². The zero-order valence-corrected chi connectivity index (χ0v) is 20.1. The van der Waals surface area contributed by atoms with Crippen molar-refractivity contribution >= 4 is 23.4 Å². The lowest BCUT2D eigenvalue weighted by Gasteiger charge is -2.31. The first-order valence-electron chi connectivity index (χ1n) is 11.1. The number of ether oxygens (including phenoxy) is 2. The van der Waals surface area contributed by atoms with E-state index in [-0.39, 0.29) is 25.0 Å². The van der Waals surface area contributed by atoms with Crippen LogP contribution in [0.15, 0.2) is 78.9 Å².